The second-order valence-corrected chi connectivity index (χ2v) is 7.83. The van der Waals surface area contributed by atoms with Crippen LogP contribution in [0.3, 0.4) is 0 Å². The third kappa shape index (κ3) is 4.01. The highest BCUT2D eigenvalue weighted by Gasteiger charge is 2.31. The summed E-state index contributed by atoms with van der Waals surface area (Å²) in [5, 5.41) is 13.9. The fourth-order valence-electron chi connectivity index (χ4n) is 4.01. The van der Waals surface area contributed by atoms with Crippen molar-refractivity contribution in [3.05, 3.63) is 40.2 Å². The molecular formula is C21H24ClN5O3. The quantitative estimate of drug-likeness (QED) is 0.691. The van der Waals surface area contributed by atoms with Gasteiger partial charge in [-0.1, -0.05) is 18.2 Å². The molecule has 0 atom stereocenters. The van der Waals surface area contributed by atoms with Crippen LogP contribution in [0.15, 0.2) is 29.1 Å². The molecule has 30 heavy (non-hydrogen) atoms. The van der Waals surface area contributed by atoms with Crippen LogP contribution in [-0.4, -0.2) is 78.1 Å². The molecule has 0 spiro atoms. The lowest BCUT2D eigenvalue weighted by Crippen LogP contribution is -2.57. The van der Waals surface area contributed by atoms with Gasteiger partial charge in [-0.05, 0) is 6.07 Å². The van der Waals surface area contributed by atoms with Crippen LogP contribution in [0.25, 0.3) is 10.9 Å². The molecule has 8 nitrogen and oxygen atoms in total. The van der Waals surface area contributed by atoms with Crippen molar-refractivity contribution in [2.45, 2.75) is 12.6 Å². The van der Waals surface area contributed by atoms with Crippen LogP contribution in [-0.2, 0) is 16.1 Å². The summed E-state index contributed by atoms with van der Waals surface area (Å²) in [6.45, 7) is 5.33. The van der Waals surface area contributed by atoms with Crippen molar-refractivity contribution in [2.75, 3.05) is 57.1 Å². The van der Waals surface area contributed by atoms with Gasteiger partial charge in [-0.25, -0.2) is 0 Å². The van der Waals surface area contributed by atoms with Crippen molar-refractivity contribution >= 4 is 34.1 Å². The molecule has 2 saturated heterocycles. The smallest absolute Gasteiger partial charge is 0.271 e. The number of anilines is 1. The van der Waals surface area contributed by atoms with E-state index in [9.17, 15) is 14.9 Å². The minimum atomic E-state index is -0.292. The lowest BCUT2D eigenvalue weighted by atomic mass is 10.0. The van der Waals surface area contributed by atoms with Gasteiger partial charge >= 0.3 is 0 Å². The summed E-state index contributed by atoms with van der Waals surface area (Å²) in [5.74, 6) is -0.156. The minimum Gasteiger partial charge on any atom is -0.379 e. The summed E-state index contributed by atoms with van der Waals surface area (Å²) >= 11 is 5.61. The molecule has 0 saturated carbocycles. The predicted octanol–water partition coefficient (Wildman–Crippen LogP) is 1.07. The van der Waals surface area contributed by atoms with Crippen LogP contribution < -0.4 is 10.9 Å². The molecule has 1 aromatic heterocycles. The summed E-state index contributed by atoms with van der Waals surface area (Å²) in [5.41, 5.74) is 1.16. The molecule has 0 unspecified atom stereocenters. The molecule has 1 N–H and O–H groups in total. The molecule has 1 amide bonds. The second-order valence-electron chi connectivity index (χ2n) is 7.56. The lowest BCUT2D eigenvalue weighted by Gasteiger charge is -2.40. The maximum absolute atomic E-state index is 13.2. The molecule has 0 radical (unpaired) electrons. The topological polar surface area (TPSA) is 90.6 Å². The Balaban J connectivity index is 1.62. The average Bonchev–Trinajstić information content (AvgIpc) is 2.75. The first-order valence-electron chi connectivity index (χ1n) is 10.1. The molecule has 2 aliphatic rings. The largest absolute Gasteiger partial charge is 0.379 e. The molecule has 1 aromatic carbocycles. The Hall–Kier alpha value is -2.60. The van der Waals surface area contributed by atoms with Crippen LogP contribution in [0, 0.1) is 11.3 Å². The van der Waals surface area contributed by atoms with Crippen LogP contribution >= 0.6 is 11.6 Å². The maximum atomic E-state index is 13.2. The average molecular weight is 430 g/mol. The number of nitrogens with zero attached hydrogens (tertiary/aromatic N) is 4. The van der Waals surface area contributed by atoms with Gasteiger partial charge in [0.1, 0.15) is 17.5 Å². The number of ether oxygens (including phenoxy) is 1. The number of rotatable bonds is 6. The second kappa shape index (κ2) is 9.04. The number of nitriles is 1. The van der Waals surface area contributed by atoms with Gasteiger partial charge in [-0.2, -0.15) is 5.26 Å². The monoisotopic (exact) mass is 429 g/mol. The molecule has 3 heterocycles. The zero-order valence-electron chi connectivity index (χ0n) is 16.6. The number of alkyl halides is 1. The number of fused-ring (bicyclic) bond motifs is 1. The van der Waals surface area contributed by atoms with Crippen molar-refractivity contribution in [2.24, 2.45) is 0 Å². The van der Waals surface area contributed by atoms with E-state index in [1.54, 1.807) is 9.47 Å². The Morgan fingerprint density at radius 1 is 1.23 bits per heavy atom. The highest BCUT2D eigenvalue weighted by atomic mass is 35.5. The van der Waals surface area contributed by atoms with Gasteiger partial charge in [0.05, 0.1) is 30.5 Å². The van der Waals surface area contributed by atoms with E-state index < -0.39 is 0 Å². The number of halogens is 1. The zero-order chi connectivity index (χ0) is 21.1. The summed E-state index contributed by atoms with van der Waals surface area (Å²) in [6.07, 6.45) is 0. The number of carbonyl (C=O) groups is 1. The van der Waals surface area contributed by atoms with E-state index in [2.05, 4.69) is 16.3 Å². The number of aromatic nitrogens is 1. The van der Waals surface area contributed by atoms with E-state index in [0.717, 1.165) is 30.5 Å². The van der Waals surface area contributed by atoms with Gasteiger partial charge in [0.15, 0.2) is 0 Å². The summed E-state index contributed by atoms with van der Waals surface area (Å²) < 4.78 is 7.08. The molecule has 2 aromatic rings. The molecule has 4 rings (SSSR count). The van der Waals surface area contributed by atoms with Gasteiger partial charge in [0, 0.05) is 44.7 Å². The van der Waals surface area contributed by atoms with Gasteiger partial charge in [0.25, 0.3) is 5.56 Å². The molecule has 2 aliphatic heterocycles. The van der Waals surface area contributed by atoms with E-state index >= 15 is 0 Å². The van der Waals surface area contributed by atoms with E-state index in [-0.39, 0.29) is 29.0 Å². The van der Waals surface area contributed by atoms with Gasteiger partial charge < -0.3 is 19.5 Å². The van der Waals surface area contributed by atoms with Crippen LogP contribution in [0.5, 0.6) is 0 Å². The number of carbonyl (C=O) groups excluding carboxylic acids is 1. The third-order valence-electron chi connectivity index (χ3n) is 5.73. The summed E-state index contributed by atoms with van der Waals surface area (Å²) in [4.78, 5) is 28.8. The van der Waals surface area contributed by atoms with Gasteiger partial charge in [0.2, 0.25) is 5.91 Å². The predicted molar refractivity (Wildman–Crippen MR) is 115 cm³/mol. The van der Waals surface area contributed by atoms with E-state index in [1.165, 1.54) is 0 Å². The number of morpholine rings is 1. The molecule has 0 bridgehead atoms. The van der Waals surface area contributed by atoms with E-state index in [0.29, 0.717) is 38.5 Å². The highest BCUT2D eigenvalue weighted by Crippen LogP contribution is 2.27. The fourth-order valence-corrected chi connectivity index (χ4v) is 4.18. The highest BCUT2D eigenvalue weighted by molar-refractivity contribution is 6.27. The molecule has 2 fully saturated rings. The van der Waals surface area contributed by atoms with Crippen molar-refractivity contribution in [3.8, 4) is 6.07 Å². The summed E-state index contributed by atoms with van der Waals surface area (Å²) in [6, 6.07) is 9.71. The summed E-state index contributed by atoms with van der Waals surface area (Å²) in [7, 11) is 0. The SMILES string of the molecule is N#Cc1c(NC2CN(C(=O)CCl)C2)c2ccccc2n(CCN2CCOCC2)c1=O. The van der Waals surface area contributed by atoms with Crippen LogP contribution in [0.4, 0.5) is 5.69 Å². The molecule has 158 valence electrons. The molecular weight excluding hydrogens is 406 g/mol. The Bertz CT molecular complexity index is 1040. The fraction of sp³-hybridized carbons (Fsp3) is 0.476. The molecule has 9 heteroatoms. The van der Waals surface area contributed by atoms with E-state index in [4.69, 9.17) is 16.3 Å². The third-order valence-corrected chi connectivity index (χ3v) is 5.95. The Labute approximate surface area is 179 Å². The van der Waals surface area contributed by atoms with Crippen molar-refractivity contribution in [1.29, 1.82) is 5.26 Å². The normalized spacial score (nSPS) is 17.5. The van der Waals surface area contributed by atoms with Crippen molar-refractivity contribution < 1.29 is 9.53 Å². The number of amides is 1. The number of pyridine rings is 1. The van der Waals surface area contributed by atoms with Gasteiger partial charge in [-0.15, -0.1) is 11.6 Å². The van der Waals surface area contributed by atoms with Crippen LogP contribution in [0.1, 0.15) is 5.56 Å². The Morgan fingerprint density at radius 3 is 2.67 bits per heavy atom. The number of hydrogen-bond acceptors (Lipinski definition) is 6. The number of benzene rings is 1. The van der Waals surface area contributed by atoms with Crippen molar-refractivity contribution in [3.63, 3.8) is 0 Å². The Morgan fingerprint density at radius 2 is 1.97 bits per heavy atom. The molecule has 0 aliphatic carbocycles. The maximum Gasteiger partial charge on any atom is 0.271 e. The van der Waals surface area contributed by atoms with Gasteiger partial charge in [-0.3, -0.25) is 14.5 Å². The minimum absolute atomic E-state index is 0.0173. The first-order valence-corrected chi connectivity index (χ1v) is 10.6. The Kier molecular flexibility index (Phi) is 6.23. The first kappa shape index (κ1) is 20.7. The number of likely N-dealkylation sites (tertiary alicyclic amines) is 1. The number of nitrogens with one attached hydrogen (secondary N) is 1. The first-order chi connectivity index (χ1) is 14.6. The van der Waals surface area contributed by atoms with Crippen LogP contribution in [0.2, 0.25) is 0 Å². The lowest BCUT2D eigenvalue weighted by molar-refractivity contribution is -0.132. The van der Waals surface area contributed by atoms with Crippen molar-refractivity contribution in [1.82, 2.24) is 14.4 Å². The standard InChI is InChI=1S/C21H24ClN5O3/c22-11-19(28)26-13-15(14-26)24-20-16-3-1-2-4-18(16)27(21(29)17(20)12-23)6-5-25-7-9-30-10-8-25/h1-4,15,24H,5-11,13-14H2. The van der Waals surface area contributed by atoms with E-state index in [1.807, 2.05) is 24.3 Å². The zero-order valence-corrected chi connectivity index (χ0v) is 17.4. The number of para-hydroxylation sites is 1. The number of hydrogen-bond donors (Lipinski definition) is 1.